The highest BCUT2D eigenvalue weighted by Crippen LogP contribution is 2.28. The molecule has 1 heterocycles. The van der Waals surface area contributed by atoms with Gasteiger partial charge < -0.3 is 9.72 Å². The molecule has 0 saturated heterocycles. The second-order valence-electron chi connectivity index (χ2n) is 4.42. The summed E-state index contributed by atoms with van der Waals surface area (Å²) in [5.74, 6) is 0.940. The van der Waals surface area contributed by atoms with E-state index in [1.807, 2.05) is 36.5 Å². The number of hydrogen-bond donors (Lipinski definition) is 1. The standard InChI is InChI=1S/C16H15NO/c1-12-10-17-14-8-5-9-15(16(12)14)18-11-13-6-3-2-4-7-13/h2-10,17H,11H2,1H3. The summed E-state index contributed by atoms with van der Waals surface area (Å²) < 4.78 is 5.92. The van der Waals surface area contributed by atoms with Gasteiger partial charge >= 0.3 is 0 Å². The highest BCUT2D eigenvalue weighted by Gasteiger charge is 2.06. The van der Waals surface area contributed by atoms with Gasteiger partial charge in [-0.3, -0.25) is 0 Å². The molecule has 2 heteroatoms. The number of nitrogens with one attached hydrogen (secondary N) is 1. The molecule has 1 N–H and O–H groups in total. The fourth-order valence-corrected chi connectivity index (χ4v) is 2.17. The van der Waals surface area contributed by atoms with Crippen LogP contribution in [0.1, 0.15) is 11.1 Å². The Morgan fingerprint density at radius 3 is 2.67 bits per heavy atom. The maximum absolute atomic E-state index is 5.92. The molecule has 2 aromatic carbocycles. The highest BCUT2D eigenvalue weighted by atomic mass is 16.5. The predicted molar refractivity (Wildman–Crippen MR) is 73.8 cm³/mol. The van der Waals surface area contributed by atoms with Crippen molar-refractivity contribution in [2.45, 2.75) is 13.5 Å². The number of hydrogen-bond acceptors (Lipinski definition) is 1. The van der Waals surface area contributed by atoms with Gasteiger partial charge in [-0.15, -0.1) is 0 Å². The van der Waals surface area contributed by atoms with E-state index in [0.29, 0.717) is 6.61 Å². The molecule has 18 heavy (non-hydrogen) atoms. The summed E-state index contributed by atoms with van der Waals surface area (Å²) >= 11 is 0. The summed E-state index contributed by atoms with van der Waals surface area (Å²) in [7, 11) is 0. The van der Waals surface area contributed by atoms with Crippen LogP contribution in [0.5, 0.6) is 5.75 Å². The lowest BCUT2D eigenvalue weighted by atomic mass is 10.2. The fraction of sp³-hybridized carbons (Fsp3) is 0.125. The summed E-state index contributed by atoms with van der Waals surface area (Å²) in [5, 5.41) is 1.17. The number of benzene rings is 2. The van der Waals surface area contributed by atoms with E-state index in [1.165, 1.54) is 16.5 Å². The van der Waals surface area contributed by atoms with Gasteiger partial charge in [0, 0.05) is 17.1 Å². The van der Waals surface area contributed by atoms with Gasteiger partial charge in [-0.1, -0.05) is 36.4 Å². The molecule has 0 bridgehead atoms. The summed E-state index contributed by atoms with van der Waals surface area (Å²) in [6.45, 7) is 2.69. The number of ether oxygens (including phenoxy) is 1. The molecule has 0 spiro atoms. The lowest BCUT2D eigenvalue weighted by Gasteiger charge is -2.08. The van der Waals surface area contributed by atoms with Gasteiger partial charge in [0.25, 0.3) is 0 Å². The summed E-state index contributed by atoms with van der Waals surface area (Å²) in [6, 6.07) is 16.3. The van der Waals surface area contributed by atoms with Crippen molar-refractivity contribution in [3.05, 3.63) is 65.9 Å². The van der Waals surface area contributed by atoms with Gasteiger partial charge in [0.2, 0.25) is 0 Å². The van der Waals surface area contributed by atoms with Crippen LogP contribution in [0.3, 0.4) is 0 Å². The Bertz CT molecular complexity index is 655. The first-order chi connectivity index (χ1) is 8.84. The van der Waals surface area contributed by atoms with Crippen LogP contribution in [0.15, 0.2) is 54.7 Å². The number of aromatic nitrogens is 1. The molecule has 3 aromatic rings. The predicted octanol–water partition coefficient (Wildman–Crippen LogP) is 4.06. The lowest BCUT2D eigenvalue weighted by Crippen LogP contribution is -1.95. The molecule has 1 aromatic heterocycles. The van der Waals surface area contributed by atoms with E-state index in [1.54, 1.807) is 0 Å². The minimum atomic E-state index is 0.602. The molecular weight excluding hydrogens is 222 g/mol. The molecule has 0 fully saturated rings. The van der Waals surface area contributed by atoms with Crippen molar-refractivity contribution in [2.75, 3.05) is 0 Å². The topological polar surface area (TPSA) is 25.0 Å². The minimum absolute atomic E-state index is 0.602. The van der Waals surface area contributed by atoms with E-state index in [4.69, 9.17) is 4.74 Å². The molecule has 0 unspecified atom stereocenters. The minimum Gasteiger partial charge on any atom is -0.488 e. The molecule has 90 valence electrons. The molecule has 0 atom stereocenters. The Balaban J connectivity index is 1.89. The number of rotatable bonds is 3. The van der Waals surface area contributed by atoms with Gasteiger partial charge in [0.15, 0.2) is 0 Å². The van der Waals surface area contributed by atoms with E-state index in [9.17, 15) is 0 Å². The number of aromatic amines is 1. The smallest absolute Gasteiger partial charge is 0.129 e. The molecule has 0 amide bonds. The molecule has 2 nitrogen and oxygen atoms in total. The van der Waals surface area contributed by atoms with Crippen LogP contribution < -0.4 is 4.74 Å². The third kappa shape index (κ3) is 1.97. The van der Waals surface area contributed by atoms with Crippen molar-refractivity contribution < 1.29 is 4.74 Å². The van der Waals surface area contributed by atoms with E-state index < -0.39 is 0 Å². The first-order valence-electron chi connectivity index (χ1n) is 6.08. The highest BCUT2D eigenvalue weighted by molar-refractivity contribution is 5.89. The average Bonchev–Trinajstić information content (AvgIpc) is 2.80. The Kier molecular flexibility index (Phi) is 2.77. The summed E-state index contributed by atoms with van der Waals surface area (Å²) in [5.41, 5.74) is 3.52. The van der Waals surface area contributed by atoms with Crippen LogP contribution in [-0.2, 0) is 6.61 Å². The Morgan fingerprint density at radius 2 is 1.83 bits per heavy atom. The van der Waals surface area contributed by atoms with Crippen molar-refractivity contribution in [3.8, 4) is 5.75 Å². The Morgan fingerprint density at radius 1 is 1.00 bits per heavy atom. The Labute approximate surface area is 106 Å². The van der Waals surface area contributed by atoms with Crippen LogP contribution >= 0.6 is 0 Å². The fourth-order valence-electron chi connectivity index (χ4n) is 2.17. The van der Waals surface area contributed by atoms with Crippen LogP contribution in [0.4, 0.5) is 0 Å². The number of fused-ring (bicyclic) bond motifs is 1. The zero-order valence-corrected chi connectivity index (χ0v) is 10.3. The zero-order valence-electron chi connectivity index (χ0n) is 10.3. The van der Waals surface area contributed by atoms with Gasteiger partial charge in [-0.05, 0) is 30.2 Å². The van der Waals surface area contributed by atoms with Crippen LogP contribution in [-0.4, -0.2) is 4.98 Å². The first-order valence-corrected chi connectivity index (χ1v) is 6.08. The Hall–Kier alpha value is -2.22. The van der Waals surface area contributed by atoms with Gasteiger partial charge in [-0.25, -0.2) is 0 Å². The second kappa shape index (κ2) is 4.57. The third-order valence-electron chi connectivity index (χ3n) is 3.10. The largest absolute Gasteiger partial charge is 0.488 e. The first kappa shape index (κ1) is 10.9. The second-order valence-corrected chi connectivity index (χ2v) is 4.42. The van der Waals surface area contributed by atoms with Crippen molar-refractivity contribution in [3.63, 3.8) is 0 Å². The van der Waals surface area contributed by atoms with E-state index >= 15 is 0 Å². The molecule has 0 aliphatic carbocycles. The van der Waals surface area contributed by atoms with Crippen molar-refractivity contribution in [1.29, 1.82) is 0 Å². The molecule has 0 aliphatic rings. The monoisotopic (exact) mass is 237 g/mol. The molecule has 0 aliphatic heterocycles. The van der Waals surface area contributed by atoms with E-state index in [2.05, 4.69) is 30.1 Å². The summed E-state index contributed by atoms with van der Waals surface area (Å²) in [4.78, 5) is 3.25. The zero-order chi connectivity index (χ0) is 12.4. The normalized spacial score (nSPS) is 10.7. The van der Waals surface area contributed by atoms with Crippen LogP contribution in [0, 0.1) is 6.92 Å². The number of H-pyrrole nitrogens is 1. The molecular formula is C16H15NO. The van der Waals surface area contributed by atoms with Crippen LogP contribution in [0.25, 0.3) is 10.9 Å². The maximum atomic E-state index is 5.92. The van der Waals surface area contributed by atoms with E-state index in [-0.39, 0.29) is 0 Å². The van der Waals surface area contributed by atoms with Crippen molar-refractivity contribution in [1.82, 2.24) is 4.98 Å². The molecule has 0 radical (unpaired) electrons. The summed E-state index contributed by atoms with van der Waals surface area (Å²) in [6.07, 6.45) is 2.01. The number of aryl methyl sites for hydroxylation is 1. The van der Waals surface area contributed by atoms with Gasteiger partial charge in [-0.2, -0.15) is 0 Å². The maximum Gasteiger partial charge on any atom is 0.129 e. The lowest BCUT2D eigenvalue weighted by molar-refractivity contribution is 0.310. The quantitative estimate of drug-likeness (QED) is 0.730. The molecule has 3 rings (SSSR count). The average molecular weight is 237 g/mol. The van der Waals surface area contributed by atoms with E-state index in [0.717, 1.165) is 11.3 Å². The SMILES string of the molecule is Cc1c[nH]c2cccc(OCc3ccccc3)c12. The van der Waals surface area contributed by atoms with Crippen molar-refractivity contribution in [2.24, 2.45) is 0 Å². The molecule has 0 saturated carbocycles. The van der Waals surface area contributed by atoms with Gasteiger partial charge in [0.1, 0.15) is 12.4 Å². The third-order valence-corrected chi connectivity index (χ3v) is 3.10. The van der Waals surface area contributed by atoms with Gasteiger partial charge in [0.05, 0.1) is 0 Å². The van der Waals surface area contributed by atoms with Crippen LogP contribution in [0.2, 0.25) is 0 Å². The van der Waals surface area contributed by atoms with Crippen molar-refractivity contribution >= 4 is 10.9 Å².